The van der Waals surface area contributed by atoms with Crippen LogP contribution >= 0.6 is 11.6 Å². The molecule has 0 aliphatic heterocycles. The van der Waals surface area contributed by atoms with E-state index in [0.29, 0.717) is 11.1 Å². The summed E-state index contributed by atoms with van der Waals surface area (Å²) in [6, 6.07) is 1.42. The van der Waals surface area contributed by atoms with E-state index in [2.05, 4.69) is 9.72 Å². The van der Waals surface area contributed by atoms with E-state index in [1.54, 1.807) is 0 Å². The Morgan fingerprint density at radius 3 is 2.94 bits per heavy atom. The third-order valence-corrected chi connectivity index (χ3v) is 3.08. The van der Waals surface area contributed by atoms with E-state index in [-0.39, 0.29) is 30.1 Å². The molecule has 0 amide bonds. The number of ether oxygens (including phenoxy) is 1. The minimum Gasteiger partial charge on any atom is -0.464 e. The molecule has 1 aliphatic rings. The van der Waals surface area contributed by atoms with Crippen molar-refractivity contribution in [3.63, 3.8) is 0 Å². The first-order chi connectivity index (χ1) is 7.99. The summed E-state index contributed by atoms with van der Waals surface area (Å²) < 4.78 is 31.6. The van der Waals surface area contributed by atoms with Gasteiger partial charge in [0.25, 0.3) is 5.92 Å². The normalized spacial score (nSPS) is 16.7. The number of nitrogens with zero attached hydrogens (tertiary/aromatic N) is 1. The van der Waals surface area contributed by atoms with Crippen LogP contribution in [0.15, 0.2) is 6.07 Å². The highest BCUT2D eigenvalue weighted by molar-refractivity contribution is 6.17. The Morgan fingerprint density at radius 2 is 2.35 bits per heavy atom. The van der Waals surface area contributed by atoms with Gasteiger partial charge in [0.2, 0.25) is 0 Å². The second-order valence-corrected chi connectivity index (χ2v) is 4.09. The molecule has 1 aliphatic carbocycles. The van der Waals surface area contributed by atoms with Crippen LogP contribution in [0.3, 0.4) is 0 Å². The van der Waals surface area contributed by atoms with E-state index < -0.39 is 11.9 Å². The lowest BCUT2D eigenvalue weighted by Crippen LogP contribution is -2.14. The SMILES string of the molecule is COC(=O)c1cc(CCl)c2c(n1)C(F)(F)CC2. The molecule has 1 aromatic heterocycles. The maximum absolute atomic E-state index is 13.5. The zero-order valence-electron chi connectivity index (χ0n) is 9.10. The maximum Gasteiger partial charge on any atom is 0.356 e. The van der Waals surface area contributed by atoms with Gasteiger partial charge in [-0.3, -0.25) is 0 Å². The standard InChI is InChI=1S/C11H10ClF2NO2/c1-17-10(16)8-4-6(5-12)7-2-3-11(13,14)9(7)15-8/h4H,2-3,5H2,1H3. The molecule has 0 N–H and O–H groups in total. The van der Waals surface area contributed by atoms with Crippen LogP contribution in [0, 0.1) is 0 Å². The largest absolute Gasteiger partial charge is 0.464 e. The predicted octanol–water partition coefficient (Wildman–Crippen LogP) is 2.65. The molecule has 0 aromatic carbocycles. The second-order valence-electron chi connectivity index (χ2n) is 3.82. The Morgan fingerprint density at radius 1 is 1.65 bits per heavy atom. The molecule has 17 heavy (non-hydrogen) atoms. The molecule has 92 valence electrons. The van der Waals surface area contributed by atoms with E-state index in [9.17, 15) is 13.6 Å². The van der Waals surface area contributed by atoms with E-state index >= 15 is 0 Å². The van der Waals surface area contributed by atoms with Crippen LogP contribution in [0.4, 0.5) is 8.78 Å². The molecule has 6 heteroatoms. The number of fused-ring (bicyclic) bond motifs is 1. The third-order valence-electron chi connectivity index (χ3n) is 2.79. The van der Waals surface area contributed by atoms with Crippen molar-refractivity contribution in [2.45, 2.75) is 24.6 Å². The number of aromatic nitrogens is 1. The molecule has 3 nitrogen and oxygen atoms in total. The van der Waals surface area contributed by atoms with Gasteiger partial charge in [0, 0.05) is 12.3 Å². The van der Waals surface area contributed by atoms with Crippen molar-refractivity contribution in [1.82, 2.24) is 4.98 Å². The van der Waals surface area contributed by atoms with Gasteiger partial charge in [0.05, 0.1) is 7.11 Å². The minimum atomic E-state index is -2.99. The van der Waals surface area contributed by atoms with Crippen LogP contribution in [-0.2, 0) is 23.0 Å². The van der Waals surface area contributed by atoms with Gasteiger partial charge in [-0.25, -0.2) is 9.78 Å². The van der Waals surface area contributed by atoms with E-state index in [1.807, 2.05) is 0 Å². The van der Waals surface area contributed by atoms with Crippen molar-refractivity contribution in [3.05, 3.63) is 28.6 Å². The van der Waals surface area contributed by atoms with Crippen LogP contribution in [0.1, 0.15) is 33.7 Å². The number of carbonyl (C=O) groups is 1. The molecular formula is C11H10ClF2NO2. The molecule has 1 aromatic rings. The van der Waals surface area contributed by atoms with Crippen molar-refractivity contribution in [2.75, 3.05) is 7.11 Å². The summed E-state index contributed by atoms with van der Waals surface area (Å²) in [5.41, 5.74) is 0.520. The Kier molecular flexibility index (Phi) is 3.03. The van der Waals surface area contributed by atoms with Gasteiger partial charge in [-0.05, 0) is 23.6 Å². The van der Waals surface area contributed by atoms with Gasteiger partial charge in [-0.15, -0.1) is 11.6 Å². The fourth-order valence-corrected chi connectivity index (χ4v) is 2.17. The van der Waals surface area contributed by atoms with Crippen molar-refractivity contribution in [1.29, 1.82) is 0 Å². The monoisotopic (exact) mass is 261 g/mol. The lowest BCUT2D eigenvalue weighted by atomic mass is 10.1. The molecule has 0 saturated heterocycles. The van der Waals surface area contributed by atoms with Crippen LogP contribution in [-0.4, -0.2) is 18.1 Å². The van der Waals surface area contributed by atoms with Gasteiger partial charge in [0.15, 0.2) is 0 Å². The lowest BCUT2D eigenvalue weighted by molar-refractivity contribution is -0.00612. The smallest absolute Gasteiger partial charge is 0.356 e. The third kappa shape index (κ3) is 1.99. The zero-order valence-corrected chi connectivity index (χ0v) is 9.85. The van der Waals surface area contributed by atoms with Gasteiger partial charge >= 0.3 is 5.97 Å². The average molecular weight is 262 g/mol. The van der Waals surface area contributed by atoms with Crippen LogP contribution in [0.5, 0.6) is 0 Å². The van der Waals surface area contributed by atoms with Crippen molar-refractivity contribution < 1.29 is 18.3 Å². The van der Waals surface area contributed by atoms with E-state index in [0.717, 1.165) is 0 Å². The Hall–Kier alpha value is -1.23. The molecule has 2 rings (SSSR count). The average Bonchev–Trinajstić information content (AvgIpc) is 2.63. The highest BCUT2D eigenvalue weighted by Gasteiger charge is 2.42. The van der Waals surface area contributed by atoms with E-state index in [1.165, 1.54) is 13.2 Å². The number of halogens is 3. The van der Waals surface area contributed by atoms with Crippen molar-refractivity contribution >= 4 is 17.6 Å². The highest BCUT2D eigenvalue weighted by Crippen LogP contribution is 2.42. The van der Waals surface area contributed by atoms with Gasteiger partial charge in [-0.2, -0.15) is 8.78 Å². The quantitative estimate of drug-likeness (QED) is 0.607. The van der Waals surface area contributed by atoms with Crippen molar-refractivity contribution in [2.24, 2.45) is 0 Å². The molecule has 0 fully saturated rings. The summed E-state index contributed by atoms with van der Waals surface area (Å²) >= 11 is 5.70. The first-order valence-corrected chi connectivity index (χ1v) is 5.58. The van der Waals surface area contributed by atoms with Crippen LogP contribution in [0.25, 0.3) is 0 Å². The molecule has 1 heterocycles. The molecule has 0 atom stereocenters. The van der Waals surface area contributed by atoms with E-state index in [4.69, 9.17) is 11.6 Å². The molecule has 0 saturated carbocycles. The Balaban J connectivity index is 2.59. The van der Waals surface area contributed by atoms with Crippen molar-refractivity contribution in [3.8, 4) is 0 Å². The van der Waals surface area contributed by atoms with Gasteiger partial charge < -0.3 is 4.74 Å². The zero-order chi connectivity index (χ0) is 12.6. The first-order valence-electron chi connectivity index (χ1n) is 5.05. The number of esters is 1. The summed E-state index contributed by atoms with van der Waals surface area (Å²) in [6.45, 7) is 0. The summed E-state index contributed by atoms with van der Waals surface area (Å²) in [7, 11) is 1.18. The number of alkyl halides is 3. The fourth-order valence-electron chi connectivity index (χ4n) is 1.93. The second kappa shape index (κ2) is 4.22. The Labute approximate surface area is 102 Å². The summed E-state index contributed by atoms with van der Waals surface area (Å²) in [5.74, 6) is -3.65. The maximum atomic E-state index is 13.5. The van der Waals surface area contributed by atoms with Gasteiger partial charge in [0.1, 0.15) is 11.4 Å². The number of carbonyl (C=O) groups excluding carboxylic acids is 1. The lowest BCUT2D eigenvalue weighted by Gasteiger charge is -2.11. The molecule has 0 spiro atoms. The Bertz CT molecular complexity index is 477. The predicted molar refractivity (Wildman–Crippen MR) is 57.3 cm³/mol. The highest BCUT2D eigenvalue weighted by atomic mass is 35.5. The minimum absolute atomic E-state index is 0.0743. The topological polar surface area (TPSA) is 39.2 Å². The number of methoxy groups -OCH3 is 1. The van der Waals surface area contributed by atoms with Gasteiger partial charge in [-0.1, -0.05) is 0 Å². The number of hydrogen-bond acceptors (Lipinski definition) is 3. The summed E-state index contributed by atoms with van der Waals surface area (Å²) in [6.07, 6.45) is -0.0529. The van der Waals surface area contributed by atoms with Crippen LogP contribution in [0.2, 0.25) is 0 Å². The number of pyridine rings is 1. The summed E-state index contributed by atoms with van der Waals surface area (Å²) in [4.78, 5) is 15.0. The molecular weight excluding hydrogens is 252 g/mol. The summed E-state index contributed by atoms with van der Waals surface area (Å²) in [5, 5.41) is 0. The number of rotatable bonds is 2. The number of hydrogen-bond donors (Lipinski definition) is 0. The molecule has 0 radical (unpaired) electrons. The van der Waals surface area contributed by atoms with Crippen LogP contribution < -0.4 is 0 Å². The molecule has 0 unspecified atom stereocenters. The fraction of sp³-hybridized carbons (Fsp3) is 0.455. The first kappa shape index (κ1) is 12.2. The molecule has 0 bridgehead atoms.